The third-order valence-electron chi connectivity index (χ3n) is 3.11. The minimum absolute atomic E-state index is 0.0941. The van der Waals surface area contributed by atoms with Gasteiger partial charge in [-0.05, 0) is 47.4 Å². The minimum Gasteiger partial charge on any atom is -0.383 e. The number of anilines is 1. The first-order valence-electron chi connectivity index (χ1n) is 6.08. The molecule has 1 aliphatic rings. The first-order chi connectivity index (χ1) is 8.66. The van der Waals surface area contributed by atoms with Crippen molar-refractivity contribution in [1.29, 1.82) is 0 Å². The first-order valence-corrected chi connectivity index (χ1v) is 6.87. The molecule has 0 amide bonds. The maximum absolute atomic E-state index is 10.8. The van der Waals surface area contributed by atoms with Crippen molar-refractivity contribution < 1.29 is 4.92 Å². The molecule has 1 unspecified atom stereocenters. The van der Waals surface area contributed by atoms with Crippen molar-refractivity contribution in [2.75, 3.05) is 18.4 Å². The van der Waals surface area contributed by atoms with Gasteiger partial charge in [0.1, 0.15) is 0 Å². The number of rotatable bonds is 4. The Hall–Kier alpha value is -1.14. The van der Waals surface area contributed by atoms with Gasteiger partial charge in [0.25, 0.3) is 5.69 Å². The quantitative estimate of drug-likeness (QED) is 0.662. The van der Waals surface area contributed by atoms with E-state index in [0.29, 0.717) is 10.5 Å². The third kappa shape index (κ3) is 3.43. The van der Waals surface area contributed by atoms with Crippen LogP contribution in [0.15, 0.2) is 22.7 Å². The SMILES string of the molecule is O=[N+]([O-])c1cc(NCC2CCCCN2)ccc1Br. The van der Waals surface area contributed by atoms with Crippen molar-refractivity contribution in [3.8, 4) is 0 Å². The molecule has 1 aromatic carbocycles. The zero-order valence-corrected chi connectivity index (χ0v) is 11.6. The van der Waals surface area contributed by atoms with E-state index in [1.165, 1.54) is 12.8 Å². The van der Waals surface area contributed by atoms with E-state index < -0.39 is 0 Å². The van der Waals surface area contributed by atoms with Crippen LogP contribution in [0.1, 0.15) is 19.3 Å². The molecule has 6 heteroatoms. The van der Waals surface area contributed by atoms with Crippen LogP contribution in [-0.4, -0.2) is 24.1 Å². The van der Waals surface area contributed by atoms with E-state index in [0.717, 1.165) is 25.2 Å². The summed E-state index contributed by atoms with van der Waals surface area (Å²) in [5.74, 6) is 0. The molecule has 0 spiro atoms. The Bertz CT molecular complexity index is 433. The maximum Gasteiger partial charge on any atom is 0.285 e. The highest BCUT2D eigenvalue weighted by molar-refractivity contribution is 9.10. The molecule has 1 atom stereocenters. The number of halogens is 1. The fourth-order valence-corrected chi connectivity index (χ4v) is 2.49. The van der Waals surface area contributed by atoms with Gasteiger partial charge in [-0.25, -0.2) is 0 Å². The Morgan fingerprint density at radius 1 is 1.50 bits per heavy atom. The molecular formula is C12H16BrN3O2. The molecule has 1 saturated heterocycles. The smallest absolute Gasteiger partial charge is 0.285 e. The van der Waals surface area contributed by atoms with Crippen molar-refractivity contribution in [1.82, 2.24) is 5.32 Å². The van der Waals surface area contributed by atoms with Crippen molar-refractivity contribution in [3.05, 3.63) is 32.8 Å². The summed E-state index contributed by atoms with van der Waals surface area (Å²) >= 11 is 3.18. The van der Waals surface area contributed by atoms with Crippen LogP contribution < -0.4 is 10.6 Å². The van der Waals surface area contributed by atoms with Crippen molar-refractivity contribution in [2.24, 2.45) is 0 Å². The second-order valence-corrected chi connectivity index (χ2v) is 5.31. The highest BCUT2D eigenvalue weighted by Crippen LogP contribution is 2.27. The summed E-state index contributed by atoms with van der Waals surface area (Å²) in [4.78, 5) is 10.4. The van der Waals surface area contributed by atoms with Crippen LogP contribution in [0.5, 0.6) is 0 Å². The molecule has 0 radical (unpaired) electrons. The molecule has 2 N–H and O–H groups in total. The van der Waals surface area contributed by atoms with Gasteiger partial charge in [0.15, 0.2) is 0 Å². The molecule has 1 aliphatic heterocycles. The third-order valence-corrected chi connectivity index (χ3v) is 3.78. The van der Waals surface area contributed by atoms with Gasteiger partial charge in [-0.3, -0.25) is 10.1 Å². The molecule has 0 aliphatic carbocycles. The summed E-state index contributed by atoms with van der Waals surface area (Å²) in [7, 11) is 0. The highest BCUT2D eigenvalue weighted by Gasteiger charge is 2.14. The summed E-state index contributed by atoms with van der Waals surface area (Å²) < 4.78 is 0.508. The molecule has 1 aromatic rings. The molecule has 2 rings (SSSR count). The van der Waals surface area contributed by atoms with E-state index in [-0.39, 0.29) is 10.6 Å². The van der Waals surface area contributed by atoms with E-state index >= 15 is 0 Å². The lowest BCUT2D eigenvalue weighted by Gasteiger charge is -2.24. The molecule has 0 bridgehead atoms. The van der Waals surface area contributed by atoms with E-state index in [2.05, 4.69) is 26.6 Å². The Morgan fingerprint density at radius 2 is 2.33 bits per heavy atom. The molecule has 1 fully saturated rings. The zero-order chi connectivity index (χ0) is 13.0. The van der Waals surface area contributed by atoms with Crippen LogP contribution in [-0.2, 0) is 0 Å². The van der Waals surface area contributed by atoms with E-state index in [9.17, 15) is 10.1 Å². The van der Waals surface area contributed by atoms with Gasteiger partial charge >= 0.3 is 0 Å². The lowest BCUT2D eigenvalue weighted by atomic mass is 10.1. The standard InChI is InChI=1S/C12H16BrN3O2/c13-11-5-4-9(7-12(11)16(17)18)15-8-10-3-1-2-6-14-10/h4-5,7,10,14-15H,1-3,6,8H2. The average molecular weight is 314 g/mol. The van der Waals surface area contributed by atoms with Crippen LogP contribution in [0.4, 0.5) is 11.4 Å². The second kappa shape index (κ2) is 6.15. The summed E-state index contributed by atoms with van der Waals surface area (Å²) in [6, 6.07) is 5.57. The molecule has 98 valence electrons. The fourth-order valence-electron chi connectivity index (χ4n) is 2.10. The molecule has 18 heavy (non-hydrogen) atoms. The molecule has 1 heterocycles. The molecule has 5 nitrogen and oxygen atoms in total. The number of nitrogens with zero attached hydrogens (tertiary/aromatic N) is 1. The van der Waals surface area contributed by atoms with Crippen LogP contribution >= 0.6 is 15.9 Å². The number of piperidine rings is 1. The largest absolute Gasteiger partial charge is 0.383 e. The number of nitrogens with one attached hydrogen (secondary N) is 2. The van der Waals surface area contributed by atoms with Crippen LogP contribution in [0.3, 0.4) is 0 Å². The monoisotopic (exact) mass is 313 g/mol. The van der Waals surface area contributed by atoms with Crippen molar-refractivity contribution in [2.45, 2.75) is 25.3 Å². The van der Waals surface area contributed by atoms with Crippen LogP contribution in [0.25, 0.3) is 0 Å². The van der Waals surface area contributed by atoms with Crippen molar-refractivity contribution in [3.63, 3.8) is 0 Å². The van der Waals surface area contributed by atoms with Crippen LogP contribution in [0, 0.1) is 10.1 Å². The Balaban J connectivity index is 1.96. The van der Waals surface area contributed by atoms with Gasteiger partial charge < -0.3 is 10.6 Å². The number of hydrogen-bond acceptors (Lipinski definition) is 4. The van der Waals surface area contributed by atoms with Gasteiger partial charge in [0.05, 0.1) is 9.40 Å². The summed E-state index contributed by atoms with van der Waals surface area (Å²) in [6.07, 6.45) is 3.64. The topological polar surface area (TPSA) is 67.2 Å². The fraction of sp³-hybridized carbons (Fsp3) is 0.500. The van der Waals surface area contributed by atoms with Crippen LogP contribution in [0.2, 0.25) is 0 Å². The highest BCUT2D eigenvalue weighted by atomic mass is 79.9. The Morgan fingerprint density at radius 3 is 3.00 bits per heavy atom. The Kier molecular flexibility index (Phi) is 4.54. The van der Waals surface area contributed by atoms with E-state index in [1.54, 1.807) is 12.1 Å². The minimum atomic E-state index is -0.381. The Labute approximate surface area is 114 Å². The lowest BCUT2D eigenvalue weighted by molar-refractivity contribution is -0.385. The maximum atomic E-state index is 10.8. The predicted octanol–water partition coefficient (Wildman–Crippen LogP) is 2.91. The van der Waals surface area contributed by atoms with Gasteiger partial charge in [-0.15, -0.1) is 0 Å². The van der Waals surface area contributed by atoms with Crippen molar-refractivity contribution >= 4 is 27.3 Å². The lowest BCUT2D eigenvalue weighted by Crippen LogP contribution is -2.39. The summed E-state index contributed by atoms with van der Waals surface area (Å²) in [6.45, 7) is 1.87. The number of nitro benzene ring substituents is 1. The summed E-state index contributed by atoms with van der Waals surface area (Å²) in [5.41, 5.74) is 0.883. The summed E-state index contributed by atoms with van der Waals surface area (Å²) in [5, 5.41) is 17.5. The van der Waals surface area contributed by atoms with E-state index in [1.807, 2.05) is 6.07 Å². The molecule has 0 saturated carbocycles. The molecular weight excluding hydrogens is 298 g/mol. The number of benzene rings is 1. The zero-order valence-electron chi connectivity index (χ0n) is 9.99. The number of hydrogen-bond donors (Lipinski definition) is 2. The average Bonchev–Trinajstić information content (AvgIpc) is 2.38. The van der Waals surface area contributed by atoms with E-state index in [4.69, 9.17) is 0 Å². The van der Waals surface area contributed by atoms with Gasteiger partial charge in [-0.1, -0.05) is 6.42 Å². The first kappa shape index (κ1) is 13.3. The second-order valence-electron chi connectivity index (χ2n) is 4.45. The van der Waals surface area contributed by atoms with Gasteiger partial charge in [0, 0.05) is 24.3 Å². The predicted molar refractivity (Wildman–Crippen MR) is 74.9 cm³/mol. The number of nitro groups is 1. The molecule has 0 aromatic heterocycles. The normalized spacial score (nSPS) is 19.5. The van der Waals surface area contributed by atoms with Gasteiger partial charge in [0.2, 0.25) is 0 Å². The van der Waals surface area contributed by atoms with Gasteiger partial charge in [-0.2, -0.15) is 0 Å².